The first-order valence-corrected chi connectivity index (χ1v) is 6.50. The first-order chi connectivity index (χ1) is 8.16. The molecule has 5 heteroatoms. The maximum Gasteiger partial charge on any atom is 0.0363 e. The van der Waals surface area contributed by atoms with Gasteiger partial charge < -0.3 is 16.8 Å². The molecular weight excluding hydrogens is 266 g/mol. The zero-order valence-electron chi connectivity index (χ0n) is 10.2. The van der Waals surface area contributed by atoms with Gasteiger partial charge in [-0.2, -0.15) is 11.3 Å². The number of benzene rings is 1. The molecule has 0 aliphatic heterocycles. The van der Waals surface area contributed by atoms with Gasteiger partial charge in [0.2, 0.25) is 0 Å². The topological polar surface area (TPSA) is 64.1 Å². The number of nitrogens with one attached hydrogen (secondary N) is 1. The number of thiophene rings is 1. The molecule has 0 saturated carbocycles. The Bertz CT molecular complexity index is 485. The monoisotopic (exact) mass is 283 g/mol. The highest BCUT2D eigenvalue weighted by Crippen LogP contribution is 2.23. The molecule has 3 nitrogen and oxygen atoms in total. The fraction of sp³-hybridized carbons (Fsp3) is 0.231. The third-order valence-electron chi connectivity index (χ3n) is 2.77. The molecule has 0 saturated heterocycles. The van der Waals surface area contributed by atoms with Gasteiger partial charge in [-0.25, -0.2) is 0 Å². The van der Waals surface area contributed by atoms with Crippen LogP contribution in [0.5, 0.6) is 0 Å². The Hall–Kier alpha value is -1.23. The van der Waals surface area contributed by atoms with Gasteiger partial charge in [-0.1, -0.05) is 0 Å². The van der Waals surface area contributed by atoms with E-state index in [0.29, 0.717) is 0 Å². The lowest BCUT2D eigenvalue weighted by Crippen LogP contribution is -2.19. The molecule has 1 aromatic heterocycles. The zero-order valence-corrected chi connectivity index (χ0v) is 11.9. The number of hydrogen-bond donors (Lipinski definition) is 3. The number of halogens is 1. The van der Waals surface area contributed by atoms with Crippen molar-refractivity contribution in [1.29, 1.82) is 0 Å². The second kappa shape index (κ2) is 6.64. The van der Waals surface area contributed by atoms with Crippen LogP contribution in [0.25, 0.3) is 0 Å². The molecule has 98 valence electrons. The van der Waals surface area contributed by atoms with Crippen LogP contribution in [0.15, 0.2) is 35.0 Å². The summed E-state index contributed by atoms with van der Waals surface area (Å²) in [4.78, 5) is 0. The van der Waals surface area contributed by atoms with Crippen LogP contribution < -0.4 is 16.8 Å². The van der Waals surface area contributed by atoms with Crippen molar-refractivity contribution in [2.24, 2.45) is 0 Å². The maximum absolute atomic E-state index is 5.95. The molecule has 18 heavy (non-hydrogen) atoms. The highest BCUT2D eigenvalue weighted by atomic mass is 35.5. The number of hydrogen-bond acceptors (Lipinski definition) is 4. The lowest BCUT2D eigenvalue weighted by molar-refractivity contribution is 0.577. The summed E-state index contributed by atoms with van der Waals surface area (Å²) in [6, 6.07) is 7.92. The highest BCUT2D eigenvalue weighted by Gasteiger charge is 2.08. The van der Waals surface area contributed by atoms with E-state index in [1.165, 1.54) is 5.56 Å². The summed E-state index contributed by atoms with van der Waals surface area (Å²) in [5.74, 6) is 0. The van der Waals surface area contributed by atoms with Crippen LogP contribution in [0, 0.1) is 0 Å². The predicted molar refractivity (Wildman–Crippen MR) is 82.1 cm³/mol. The van der Waals surface area contributed by atoms with E-state index in [0.717, 1.165) is 23.5 Å². The molecule has 5 N–H and O–H groups in total. The number of anilines is 2. The van der Waals surface area contributed by atoms with Crippen LogP contribution >= 0.6 is 23.7 Å². The number of rotatable bonds is 4. The van der Waals surface area contributed by atoms with E-state index >= 15 is 0 Å². The van der Waals surface area contributed by atoms with Crippen molar-refractivity contribution in [3.8, 4) is 0 Å². The summed E-state index contributed by atoms with van der Waals surface area (Å²) in [5.41, 5.74) is 15.6. The van der Waals surface area contributed by atoms with Gasteiger partial charge in [0.25, 0.3) is 0 Å². The molecule has 0 fully saturated rings. The molecular formula is C13H18ClN3S. The van der Waals surface area contributed by atoms with Crippen molar-refractivity contribution < 1.29 is 0 Å². The molecule has 0 amide bonds. The van der Waals surface area contributed by atoms with Crippen LogP contribution in [0.4, 0.5) is 11.4 Å². The van der Waals surface area contributed by atoms with Crippen molar-refractivity contribution in [2.75, 3.05) is 11.5 Å². The van der Waals surface area contributed by atoms with Crippen molar-refractivity contribution in [1.82, 2.24) is 5.32 Å². The zero-order chi connectivity index (χ0) is 12.3. The Labute approximate surface area is 118 Å². The van der Waals surface area contributed by atoms with Crippen LogP contribution in [-0.4, -0.2) is 0 Å². The van der Waals surface area contributed by atoms with Crippen molar-refractivity contribution in [3.05, 3.63) is 46.2 Å². The molecule has 1 unspecified atom stereocenters. The fourth-order valence-corrected chi connectivity index (χ4v) is 2.41. The quantitative estimate of drug-likeness (QED) is 0.755. The van der Waals surface area contributed by atoms with E-state index in [-0.39, 0.29) is 18.4 Å². The molecule has 2 aromatic rings. The van der Waals surface area contributed by atoms with Gasteiger partial charge in [-0.3, -0.25) is 0 Å². The minimum absolute atomic E-state index is 0. The van der Waals surface area contributed by atoms with Gasteiger partial charge in [0.15, 0.2) is 0 Å². The summed E-state index contributed by atoms with van der Waals surface area (Å²) in [6.07, 6.45) is 0. The van der Waals surface area contributed by atoms with E-state index in [9.17, 15) is 0 Å². The van der Waals surface area contributed by atoms with E-state index in [1.807, 2.05) is 18.2 Å². The Morgan fingerprint density at radius 3 is 2.72 bits per heavy atom. The second-order valence-electron chi connectivity index (χ2n) is 4.12. The van der Waals surface area contributed by atoms with Crippen LogP contribution in [0.1, 0.15) is 24.1 Å². The van der Waals surface area contributed by atoms with Gasteiger partial charge in [0.05, 0.1) is 0 Å². The minimum atomic E-state index is 0. The van der Waals surface area contributed by atoms with Crippen molar-refractivity contribution >= 4 is 35.1 Å². The summed E-state index contributed by atoms with van der Waals surface area (Å²) in [7, 11) is 0. The van der Waals surface area contributed by atoms with Crippen molar-refractivity contribution in [2.45, 2.75) is 19.5 Å². The molecule has 1 aromatic carbocycles. The van der Waals surface area contributed by atoms with Crippen LogP contribution in [-0.2, 0) is 6.54 Å². The first kappa shape index (κ1) is 14.8. The molecule has 0 aliphatic carbocycles. The first-order valence-electron chi connectivity index (χ1n) is 5.56. The van der Waals surface area contributed by atoms with Crippen LogP contribution in [0.3, 0.4) is 0 Å². The van der Waals surface area contributed by atoms with Gasteiger partial charge >= 0.3 is 0 Å². The van der Waals surface area contributed by atoms with Gasteiger partial charge in [-0.05, 0) is 53.1 Å². The van der Waals surface area contributed by atoms with E-state index in [4.69, 9.17) is 11.5 Å². The molecule has 1 heterocycles. The summed E-state index contributed by atoms with van der Waals surface area (Å²) in [5, 5.41) is 7.66. The maximum atomic E-state index is 5.95. The lowest BCUT2D eigenvalue weighted by Gasteiger charge is -2.16. The summed E-state index contributed by atoms with van der Waals surface area (Å²) < 4.78 is 0. The normalized spacial score (nSPS) is 11.8. The second-order valence-corrected chi connectivity index (χ2v) is 4.90. The van der Waals surface area contributed by atoms with E-state index < -0.39 is 0 Å². The largest absolute Gasteiger partial charge is 0.399 e. The molecule has 0 bridgehead atoms. The van der Waals surface area contributed by atoms with E-state index in [2.05, 4.69) is 29.1 Å². The molecule has 0 aliphatic rings. The molecule has 2 rings (SSSR count). The number of nitrogens with two attached hydrogens (primary N) is 2. The average molecular weight is 284 g/mol. The van der Waals surface area contributed by atoms with Crippen molar-refractivity contribution in [3.63, 3.8) is 0 Å². The predicted octanol–water partition coefficient (Wildman–Crippen LogP) is 3.19. The number of nitrogen functional groups attached to an aromatic ring is 2. The third kappa shape index (κ3) is 3.63. The Balaban J connectivity index is 0.00000162. The average Bonchev–Trinajstić information content (AvgIpc) is 2.82. The SMILES string of the molecule is CC(NCc1ccsc1)c1cc(N)ccc1N.Cl. The molecule has 0 spiro atoms. The van der Waals surface area contributed by atoms with Gasteiger partial charge in [-0.15, -0.1) is 12.4 Å². The van der Waals surface area contributed by atoms with E-state index in [1.54, 1.807) is 11.3 Å². The summed E-state index contributed by atoms with van der Waals surface area (Å²) >= 11 is 1.71. The Kier molecular flexibility index (Phi) is 5.47. The van der Waals surface area contributed by atoms with Gasteiger partial charge in [0.1, 0.15) is 0 Å². The standard InChI is InChI=1S/C13H17N3S.ClH/c1-9(16-7-10-4-5-17-8-10)12-6-11(14)2-3-13(12)15;/h2-6,8-9,16H,7,14-15H2,1H3;1H. The highest BCUT2D eigenvalue weighted by molar-refractivity contribution is 7.07. The Morgan fingerprint density at radius 1 is 1.28 bits per heavy atom. The Morgan fingerprint density at radius 2 is 2.06 bits per heavy atom. The molecule has 1 atom stereocenters. The fourth-order valence-electron chi connectivity index (χ4n) is 1.74. The van der Waals surface area contributed by atoms with Gasteiger partial charge in [0, 0.05) is 24.0 Å². The summed E-state index contributed by atoms with van der Waals surface area (Å²) in [6.45, 7) is 2.94. The minimum Gasteiger partial charge on any atom is -0.399 e. The van der Waals surface area contributed by atoms with Crippen LogP contribution in [0.2, 0.25) is 0 Å². The smallest absolute Gasteiger partial charge is 0.0363 e. The lowest BCUT2D eigenvalue weighted by atomic mass is 10.1. The third-order valence-corrected chi connectivity index (χ3v) is 3.50. The molecule has 0 radical (unpaired) electrons.